The molecule has 30 heavy (non-hydrogen) atoms. The second-order valence-corrected chi connectivity index (χ2v) is 7.66. The van der Waals surface area contributed by atoms with Gasteiger partial charge in [-0.25, -0.2) is 5.10 Å². The minimum absolute atomic E-state index is 0.0902. The van der Waals surface area contributed by atoms with E-state index in [9.17, 15) is 4.79 Å². The van der Waals surface area contributed by atoms with Gasteiger partial charge in [0.15, 0.2) is 11.2 Å². The normalized spacial score (nSPS) is 11.4. The highest BCUT2D eigenvalue weighted by atomic mass is 35.5. The zero-order valence-electron chi connectivity index (χ0n) is 16.3. The Bertz CT molecular complexity index is 1440. The zero-order valence-corrected chi connectivity index (χ0v) is 17.1. The molecule has 0 aliphatic rings. The molecule has 3 heterocycles. The van der Waals surface area contributed by atoms with Crippen molar-refractivity contribution < 1.29 is 4.52 Å². The van der Waals surface area contributed by atoms with Crippen molar-refractivity contribution >= 4 is 28.3 Å². The maximum absolute atomic E-state index is 13.5. The molecule has 0 atom stereocenters. The lowest BCUT2D eigenvalue weighted by atomic mass is 10.1. The third-order valence-corrected chi connectivity index (χ3v) is 5.38. The second-order valence-electron chi connectivity index (χ2n) is 7.23. The van der Waals surface area contributed by atoms with E-state index in [4.69, 9.17) is 11.6 Å². The Morgan fingerprint density at radius 1 is 1.07 bits per heavy atom. The van der Waals surface area contributed by atoms with Crippen LogP contribution in [0.25, 0.3) is 27.9 Å². The van der Waals surface area contributed by atoms with Crippen LogP contribution in [0.15, 0.2) is 71.7 Å². The van der Waals surface area contributed by atoms with Crippen LogP contribution in [0.1, 0.15) is 11.4 Å². The monoisotopic (exact) mass is 416 g/mol. The minimum Gasteiger partial charge on any atom is -0.314 e. The van der Waals surface area contributed by atoms with Gasteiger partial charge in [0.25, 0.3) is 5.56 Å². The lowest BCUT2D eigenvalue weighted by Gasteiger charge is -2.09. The first-order chi connectivity index (χ1) is 14.6. The van der Waals surface area contributed by atoms with Crippen molar-refractivity contribution in [3.05, 3.63) is 93.6 Å². The number of pyridine rings is 1. The van der Waals surface area contributed by atoms with Crippen molar-refractivity contribution in [3.63, 3.8) is 0 Å². The van der Waals surface area contributed by atoms with Crippen LogP contribution in [0.5, 0.6) is 0 Å². The van der Waals surface area contributed by atoms with E-state index < -0.39 is 0 Å². The maximum Gasteiger partial charge on any atom is 0.458 e. The van der Waals surface area contributed by atoms with Crippen molar-refractivity contribution in [1.29, 1.82) is 0 Å². The van der Waals surface area contributed by atoms with E-state index in [1.807, 2.05) is 55.5 Å². The molecule has 1 N–H and O–H groups in total. The van der Waals surface area contributed by atoms with Gasteiger partial charge in [-0.05, 0) is 30.2 Å². The van der Waals surface area contributed by atoms with Gasteiger partial charge >= 0.3 is 5.78 Å². The number of fused-ring (bicyclic) bond motifs is 2. The highest BCUT2D eigenvalue weighted by Crippen LogP contribution is 2.25. The van der Waals surface area contributed by atoms with Gasteiger partial charge in [0.1, 0.15) is 5.39 Å². The third-order valence-electron chi connectivity index (χ3n) is 5.15. The van der Waals surface area contributed by atoms with Crippen molar-refractivity contribution in [1.82, 2.24) is 19.6 Å². The number of H-pyrrole nitrogens is 1. The lowest BCUT2D eigenvalue weighted by molar-refractivity contribution is -0.567. The molecular formula is C23H19ClN5O+. The van der Waals surface area contributed by atoms with Crippen LogP contribution >= 0.6 is 11.6 Å². The summed E-state index contributed by atoms with van der Waals surface area (Å²) in [5, 5.41) is 4.33. The summed E-state index contributed by atoms with van der Waals surface area (Å²) in [7, 11) is 0. The Kier molecular flexibility index (Phi) is 4.56. The van der Waals surface area contributed by atoms with E-state index in [1.54, 1.807) is 15.3 Å². The number of nitrogens with one attached hydrogen (secondary N) is 1. The Morgan fingerprint density at radius 2 is 1.90 bits per heavy atom. The molecule has 0 saturated heterocycles. The fourth-order valence-corrected chi connectivity index (χ4v) is 3.94. The van der Waals surface area contributed by atoms with Gasteiger partial charge in [0.05, 0.1) is 0 Å². The summed E-state index contributed by atoms with van der Waals surface area (Å²) in [6, 6.07) is 19.5. The van der Waals surface area contributed by atoms with Crippen LogP contribution < -0.4 is 10.1 Å². The Balaban J connectivity index is 1.74. The predicted molar refractivity (Wildman–Crippen MR) is 117 cm³/mol. The number of rotatable bonds is 4. The predicted octanol–water partition coefficient (Wildman–Crippen LogP) is 3.73. The van der Waals surface area contributed by atoms with Gasteiger partial charge in [-0.2, -0.15) is 0 Å². The lowest BCUT2D eigenvalue weighted by Crippen LogP contribution is -2.32. The molecule has 0 saturated carbocycles. The maximum atomic E-state index is 13.5. The van der Waals surface area contributed by atoms with E-state index >= 15 is 0 Å². The van der Waals surface area contributed by atoms with E-state index in [-0.39, 0.29) is 5.56 Å². The average molecular weight is 417 g/mol. The van der Waals surface area contributed by atoms with E-state index in [0.717, 1.165) is 12.0 Å². The molecule has 0 amide bonds. The number of aromatic amines is 1. The molecule has 2 aromatic carbocycles. The Morgan fingerprint density at radius 3 is 2.70 bits per heavy atom. The van der Waals surface area contributed by atoms with Gasteiger partial charge in [-0.15, -0.1) is 4.52 Å². The number of benzene rings is 2. The molecule has 5 rings (SSSR count). The molecule has 5 aromatic rings. The molecule has 0 spiro atoms. The van der Waals surface area contributed by atoms with E-state index in [0.29, 0.717) is 39.8 Å². The zero-order chi connectivity index (χ0) is 20.7. The van der Waals surface area contributed by atoms with Crippen LogP contribution in [-0.4, -0.2) is 19.6 Å². The Labute approximate surface area is 177 Å². The van der Waals surface area contributed by atoms with Gasteiger partial charge in [0, 0.05) is 30.3 Å². The van der Waals surface area contributed by atoms with Gasteiger partial charge < -0.3 is 4.57 Å². The molecule has 148 valence electrons. The molecule has 6 nitrogen and oxygen atoms in total. The summed E-state index contributed by atoms with van der Waals surface area (Å²) < 4.78 is 3.49. The van der Waals surface area contributed by atoms with Crippen molar-refractivity contribution in [2.45, 2.75) is 19.9 Å². The van der Waals surface area contributed by atoms with Gasteiger partial charge in [-0.3, -0.25) is 4.79 Å². The molecular weight excluding hydrogens is 398 g/mol. The van der Waals surface area contributed by atoms with Crippen molar-refractivity contribution in [2.24, 2.45) is 0 Å². The van der Waals surface area contributed by atoms with Crippen molar-refractivity contribution in [3.8, 4) is 11.3 Å². The highest BCUT2D eigenvalue weighted by molar-refractivity contribution is 6.30. The summed E-state index contributed by atoms with van der Waals surface area (Å²) in [5.74, 6) is 1.22. The first-order valence-electron chi connectivity index (χ1n) is 9.71. The van der Waals surface area contributed by atoms with Crippen LogP contribution in [0, 0.1) is 6.92 Å². The molecule has 0 unspecified atom stereocenters. The first-order valence-corrected chi connectivity index (χ1v) is 10.1. The number of aromatic nitrogens is 5. The number of halogens is 1. The number of hydrogen-bond acceptors (Lipinski definition) is 3. The summed E-state index contributed by atoms with van der Waals surface area (Å²) >= 11 is 6.26. The Hall–Kier alpha value is -3.51. The summed E-state index contributed by atoms with van der Waals surface area (Å²) in [6.45, 7) is 2.44. The fraction of sp³-hybridized carbons (Fsp3) is 0.130. The molecule has 7 heteroatoms. The highest BCUT2D eigenvalue weighted by Gasteiger charge is 2.24. The van der Waals surface area contributed by atoms with Crippen LogP contribution in [0.4, 0.5) is 0 Å². The quantitative estimate of drug-likeness (QED) is 0.454. The van der Waals surface area contributed by atoms with Gasteiger partial charge in [0.2, 0.25) is 5.82 Å². The summed E-state index contributed by atoms with van der Waals surface area (Å²) in [5.41, 5.74) is 3.24. The summed E-state index contributed by atoms with van der Waals surface area (Å²) in [4.78, 5) is 22.6. The smallest absolute Gasteiger partial charge is 0.314 e. The van der Waals surface area contributed by atoms with Crippen LogP contribution in [-0.2, 0) is 13.0 Å². The van der Waals surface area contributed by atoms with Gasteiger partial charge in [-0.1, -0.05) is 64.0 Å². The number of nitrogens with zero attached hydrogens (tertiary/aromatic N) is 4. The summed E-state index contributed by atoms with van der Waals surface area (Å²) in [6.07, 6.45) is 2.57. The topological polar surface area (TPSA) is 67.7 Å². The van der Waals surface area contributed by atoms with E-state index in [2.05, 4.69) is 27.2 Å². The molecule has 0 aliphatic heterocycles. The van der Waals surface area contributed by atoms with Crippen LogP contribution in [0.3, 0.4) is 0 Å². The van der Waals surface area contributed by atoms with E-state index in [1.165, 1.54) is 5.56 Å². The molecule has 0 radical (unpaired) electrons. The van der Waals surface area contributed by atoms with Crippen molar-refractivity contribution in [2.75, 3.05) is 0 Å². The largest absolute Gasteiger partial charge is 0.458 e. The molecule has 0 aliphatic carbocycles. The average Bonchev–Trinajstić information content (AvgIpc) is 3.12. The molecule has 0 fully saturated rings. The number of aryl methyl sites for hydroxylation is 3. The first kappa shape index (κ1) is 18.5. The minimum atomic E-state index is -0.0902. The SMILES string of the molecule is Cc1nc2nc3ccn(CCc4ccccc4)c(=O)c3c(-c3cccc(Cl)c3)[n+]2[nH]1. The van der Waals surface area contributed by atoms with Crippen LogP contribution in [0.2, 0.25) is 5.02 Å². The fourth-order valence-electron chi connectivity index (χ4n) is 3.75. The molecule has 0 bridgehead atoms. The standard InChI is InChI=1S/C23H18ClN5O/c1-15-25-23-26-19-11-13-28(12-10-16-6-3-2-4-7-16)22(30)20(19)21(29(23)27-15)17-8-5-9-18(24)14-17/h2-9,11,13-14H,10,12H2,1H3/p+1. The third kappa shape index (κ3) is 3.25. The second kappa shape index (κ2) is 7.39. The molecule has 3 aromatic heterocycles. The number of hydrogen-bond donors (Lipinski definition) is 1.